The molecule has 0 radical (unpaired) electrons. The molecule has 7 atom stereocenters. The molecule has 41 heavy (non-hydrogen) atoms. The van der Waals surface area contributed by atoms with Crippen molar-refractivity contribution < 1.29 is 15.0 Å². The molecule has 0 bridgehead atoms. The van der Waals surface area contributed by atoms with Gasteiger partial charge in [-0.05, 0) is 106 Å². The zero-order valence-electron chi connectivity index (χ0n) is 24.8. The SMILES string of the molecule is CC12Cc3cnn(C(C)(C)C)c3C=C1CCC1C2C(O)CC2(C)C1CCC2(O)C(=O)CSc1nc2ccccc2[nH]1. The summed E-state index contributed by atoms with van der Waals surface area (Å²) in [7, 11) is 0. The van der Waals surface area contributed by atoms with E-state index in [2.05, 4.69) is 55.3 Å². The molecule has 3 N–H and O–H groups in total. The number of fused-ring (bicyclic) bond motifs is 7. The van der Waals surface area contributed by atoms with Gasteiger partial charge >= 0.3 is 0 Å². The van der Waals surface area contributed by atoms with Crippen LogP contribution in [0.3, 0.4) is 0 Å². The number of nitrogens with one attached hydrogen (secondary N) is 1. The Morgan fingerprint density at radius 2 is 2.00 bits per heavy atom. The Balaban J connectivity index is 1.14. The zero-order valence-corrected chi connectivity index (χ0v) is 25.6. The van der Waals surface area contributed by atoms with Crippen molar-refractivity contribution in [2.75, 3.05) is 5.75 Å². The summed E-state index contributed by atoms with van der Waals surface area (Å²) in [6.07, 6.45) is 8.40. The second kappa shape index (κ2) is 9.04. The van der Waals surface area contributed by atoms with Gasteiger partial charge in [0.15, 0.2) is 10.9 Å². The maximum Gasteiger partial charge on any atom is 0.175 e. The highest BCUT2D eigenvalue weighted by molar-refractivity contribution is 7.99. The molecule has 4 aliphatic carbocycles. The maximum atomic E-state index is 13.8. The van der Waals surface area contributed by atoms with E-state index in [9.17, 15) is 15.0 Å². The average Bonchev–Trinajstić information content (AvgIpc) is 3.59. The summed E-state index contributed by atoms with van der Waals surface area (Å²) >= 11 is 1.36. The number of aromatic amines is 1. The molecule has 7 rings (SSSR count). The first kappa shape index (κ1) is 27.4. The molecule has 2 aromatic heterocycles. The van der Waals surface area contributed by atoms with Crippen LogP contribution in [-0.4, -0.2) is 53.2 Å². The van der Waals surface area contributed by atoms with Gasteiger partial charge in [0.1, 0.15) is 5.60 Å². The number of allylic oxidation sites excluding steroid dienone is 1. The van der Waals surface area contributed by atoms with E-state index in [1.807, 2.05) is 30.5 Å². The van der Waals surface area contributed by atoms with Crippen molar-refractivity contribution in [3.63, 3.8) is 0 Å². The van der Waals surface area contributed by atoms with Gasteiger partial charge in [-0.3, -0.25) is 9.48 Å². The third-order valence-electron chi connectivity index (χ3n) is 11.4. The monoisotopic (exact) mass is 574 g/mol. The predicted octanol–water partition coefficient (Wildman–Crippen LogP) is 5.76. The van der Waals surface area contributed by atoms with E-state index < -0.39 is 17.1 Å². The van der Waals surface area contributed by atoms with E-state index >= 15 is 0 Å². The number of carbonyl (C=O) groups is 1. The van der Waals surface area contributed by atoms with Crippen molar-refractivity contribution in [1.29, 1.82) is 0 Å². The Bertz CT molecular complexity index is 1530. The minimum atomic E-state index is -1.44. The smallest absolute Gasteiger partial charge is 0.175 e. The molecule has 4 aliphatic rings. The van der Waals surface area contributed by atoms with Crippen molar-refractivity contribution in [3.8, 4) is 0 Å². The third kappa shape index (κ3) is 3.89. The van der Waals surface area contributed by atoms with E-state index in [0.29, 0.717) is 18.0 Å². The highest BCUT2D eigenvalue weighted by Gasteiger charge is 2.68. The molecule has 218 valence electrons. The molecule has 0 spiro atoms. The number of rotatable bonds is 4. The lowest BCUT2D eigenvalue weighted by Crippen LogP contribution is -2.62. The lowest BCUT2D eigenvalue weighted by molar-refractivity contribution is -0.177. The maximum absolute atomic E-state index is 13.8. The van der Waals surface area contributed by atoms with E-state index in [0.717, 1.165) is 36.7 Å². The topological polar surface area (TPSA) is 104 Å². The van der Waals surface area contributed by atoms with Crippen LogP contribution in [0.25, 0.3) is 17.1 Å². The van der Waals surface area contributed by atoms with Gasteiger partial charge in [0.25, 0.3) is 0 Å². The van der Waals surface area contributed by atoms with Crippen LogP contribution in [-0.2, 0) is 16.8 Å². The molecule has 3 saturated carbocycles. The fourth-order valence-electron chi connectivity index (χ4n) is 9.43. The molecule has 0 saturated heterocycles. The molecule has 8 heteroatoms. The molecular weight excluding hydrogens is 532 g/mol. The highest BCUT2D eigenvalue weighted by atomic mass is 32.2. The highest BCUT2D eigenvalue weighted by Crippen LogP contribution is 2.67. The summed E-state index contributed by atoms with van der Waals surface area (Å²) < 4.78 is 2.14. The number of aromatic nitrogens is 4. The largest absolute Gasteiger partial charge is 0.393 e. The van der Waals surface area contributed by atoms with Gasteiger partial charge in [-0.1, -0.05) is 43.3 Å². The quantitative estimate of drug-likeness (QED) is 0.342. The molecule has 0 aliphatic heterocycles. The summed E-state index contributed by atoms with van der Waals surface area (Å²) in [6.45, 7) is 11.0. The van der Waals surface area contributed by atoms with E-state index in [-0.39, 0.29) is 40.2 Å². The summed E-state index contributed by atoms with van der Waals surface area (Å²) in [5.74, 6) is 0.605. The van der Waals surface area contributed by atoms with Crippen molar-refractivity contribution in [1.82, 2.24) is 19.7 Å². The number of H-pyrrole nitrogens is 1. The normalized spacial score (nSPS) is 36.3. The van der Waals surface area contributed by atoms with Gasteiger partial charge in [-0.2, -0.15) is 5.10 Å². The van der Waals surface area contributed by atoms with Crippen LogP contribution in [0, 0.1) is 28.6 Å². The first-order chi connectivity index (χ1) is 19.3. The van der Waals surface area contributed by atoms with Crippen LogP contribution in [0.5, 0.6) is 0 Å². The first-order valence-electron chi connectivity index (χ1n) is 15.1. The van der Waals surface area contributed by atoms with Gasteiger partial charge < -0.3 is 15.2 Å². The average molecular weight is 575 g/mol. The van der Waals surface area contributed by atoms with E-state index in [1.165, 1.54) is 28.6 Å². The Hall–Kier alpha value is -2.42. The molecule has 7 unspecified atom stereocenters. The Morgan fingerprint density at radius 1 is 1.22 bits per heavy atom. The second-order valence-corrected chi connectivity index (χ2v) is 15.6. The molecular formula is C33H42N4O3S. The molecule has 2 heterocycles. The lowest BCUT2D eigenvalue weighted by Gasteiger charge is -2.60. The molecule has 0 amide bonds. The number of hydrogen-bond acceptors (Lipinski definition) is 6. The standard InChI is InChI=1S/C33H42N4O3S/c1-30(2,3)37-25-14-20-10-11-21-22-12-13-33(40,27(39)18-41-29-35-23-8-6-7-9-24(23)36-29)32(22,5)16-26(38)28(21)31(20,4)15-19(25)17-34-37/h6-9,14,17,21-22,26,28,38,40H,10-13,15-16,18H2,1-5H3,(H,35,36). The number of aliphatic hydroxyl groups is 2. The summed E-state index contributed by atoms with van der Waals surface area (Å²) in [5, 5.41) is 29.5. The molecule has 3 aromatic rings. The van der Waals surface area contributed by atoms with Crippen LogP contribution in [0.1, 0.15) is 78.0 Å². The van der Waals surface area contributed by atoms with Gasteiger partial charge in [0, 0.05) is 5.41 Å². The summed E-state index contributed by atoms with van der Waals surface area (Å²) in [6, 6.07) is 7.82. The Labute approximate surface area is 246 Å². The number of nitrogens with zero attached hydrogens (tertiary/aromatic N) is 3. The number of para-hydroxylation sites is 2. The van der Waals surface area contributed by atoms with Crippen molar-refractivity contribution in [2.24, 2.45) is 28.6 Å². The van der Waals surface area contributed by atoms with E-state index in [1.54, 1.807) is 0 Å². The van der Waals surface area contributed by atoms with Gasteiger partial charge in [0.05, 0.1) is 40.3 Å². The van der Waals surface area contributed by atoms with Crippen LogP contribution >= 0.6 is 11.8 Å². The number of thioether (sulfide) groups is 1. The second-order valence-electron chi connectivity index (χ2n) is 14.6. The number of carbonyl (C=O) groups excluding carboxylic acids is 1. The number of ketones is 1. The van der Waals surface area contributed by atoms with Crippen molar-refractivity contribution in [3.05, 3.63) is 47.3 Å². The predicted molar refractivity (Wildman–Crippen MR) is 161 cm³/mol. The van der Waals surface area contributed by atoms with E-state index in [4.69, 9.17) is 5.10 Å². The number of hydrogen-bond donors (Lipinski definition) is 3. The Kier molecular flexibility index (Phi) is 6.05. The molecule has 7 nitrogen and oxygen atoms in total. The van der Waals surface area contributed by atoms with Gasteiger partial charge in [-0.25, -0.2) is 4.98 Å². The summed E-state index contributed by atoms with van der Waals surface area (Å²) in [5.41, 5.74) is 3.38. The lowest BCUT2D eigenvalue weighted by atomic mass is 9.45. The van der Waals surface area contributed by atoms with Gasteiger partial charge in [-0.15, -0.1) is 0 Å². The minimum absolute atomic E-state index is 0.0920. The number of Topliss-reactive ketones (excluding diaryl/α,β-unsaturated/α-hetero) is 1. The fraction of sp³-hybridized carbons (Fsp3) is 0.606. The first-order valence-corrected chi connectivity index (χ1v) is 16.1. The Morgan fingerprint density at radius 3 is 2.76 bits per heavy atom. The zero-order chi connectivity index (χ0) is 28.9. The summed E-state index contributed by atoms with van der Waals surface area (Å²) in [4.78, 5) is 21.7. The number of aliphatic hydroxyl groups excluding tert-OH is 1. The minimum Gasteiger partial charge on any atom is -0.393 e. The van der Waals surface area contributed by atoms with Crippen molar-refractivity contribution >= 4 is 34.7 Å². The number of benzene rings is 1. The van der Waals surface area contributed by atoms with Crippen molar-refractivity contribution in [2.45, 2.75) is 95.5 Å². The third-order valence-corrected chi connectivity index (χ3v) is 12.3. The van der Waals surface area contributed by atoms with Crippen LogP contribution in [0.2, 0.25) is 0 Å². The molecule has 1 aromatic carbocycles. The van der Waals surface area contributed by atoms with Crippen LogP contribution in [0.15, 0.2) is 41.2 Å². The number of imidazole rings is 1. The fourth-order valence-corrected chi connectivity index (χ4v) is 10.3. The van der Waals surface area contributed by atoms with Crippen LogP contribution < -0.4 is 0 Å². The molecule has 3 fully saturated rings. The van der Waals surface area contributed by atoms with Gasteiger partial charge in [0.2, 0.25) is 0 Å². The van der Waals surface area contributed by atoms with Crippen LogP contribution in [0.4, 0.5) is 0 Å².